The summed E-state index contributed by atoms with van der Waals surface area (Å²) in [5.41, 5.74) is 0.183. The van der Waals surface area contributed by atoms with Gasteiger partial charge < -0.3 is 0 Å². The van der Waals surface area contributed by atoms with Gasteiger partial charge in [0.15, 0.2) is 5.78 Å². The Labute approximate surface area is 223 Å². The van der Waals surface area contributed by atoms with Crippen molar-refractivity contribution in [3.8, 4) is 0 Å². The number of alkyl halides is 1. The van der Waals surface area contributed by atoms with Crippen molar-refractivity contribution in [2.24, 2.45) is 35.5 Å². The van der Waals surface area contributed by atoms with Gasteiger partial charge in [-0.05, 0) is 72.9 Å². The Hall–Kier alpha value is -3.03. The van der Waals surface area contributed by atoms with Crippen molar-refractivity contribution in [1.29, 1.82) is 0 Å². The van der Waals surface area contributed by atoms with Crippen molar-refractivity contribution >= 4 is 46.7 Å². The summed E-state index contributed by atoms with van der Waals surface area (Å²) in [6.07, 6.45) is 5.04. The SMILES string of the molecule is O=C(c1ccc(F)cc1)[C@H](CCCl)N(C(=O)c1ccccc1Cl)N1C(=O)[C@@H]2[C@H]3C=C[C@@H]([C@@H]4C[C@@H]34)[C@H]2C1=O. The number of amides is 3. The number of hydrogen-bond acceptors (Lipinski definition) is 4. The van der Waals surface area contributed by atoms with Crippen molar-refractivity contribution in [3.05, 3.63) is 82.6 Å². The first-order valence-corrected chi connectivity index (χ1v) is 13.2. The minimum absolute atomic E-state index is 0.0239. The molecule has 0 spiro atoms. The van der Waals surface area contributed by atoms with E-state index in [9.17, 15) is 23.6 Å². The highest BCUT2D eigenvalue weighted by molar-refractivity contribution is 6.34. The number of rotatable bonds is 7. The summed E-state index contributed by atoms with van der Waals surface area (Å²) < 4.78 is 13.6. The van der Waals surface area contributed by atoms with E-state index in [2.05, 4.69) is 0 Å². The standard InChI is InChI=1S/C28H23Cl2FN2O4/c29-12-11-22(25(34)14-5-7-15(31)8-6-14)32(26(35)18-3-1-2-4-21(18)30)33-27(36)23-16-9-10-17(20-13-19(16)20)24(23)28(33)37/h1-10,16-17,19-20,22-24H,11-13H2/t16-,17-,19-,20-,22-,23+,24+/m0/s1. The van der Waals surface area contributed by atoms with Crippen LogP contribution in [0.3, 0.4) is 0 Å². The Kier molecular flexibility index (Phi) is 5.96. The zero-order chi connectivity index (χ0) is 26.0. The number of hydrogen-bond donors (Lipinski definition) is 0. The molecule has 2 saturated carbocycles. The van der Waals surface area contributed by atoms with Gasteiger partial charge in [0.25, 0.3) is 17.7 Å². The number of carbonyl (C=O) groups is 4. The average molecular weight is 541 g/mol. The maximum absolute atomic E-state index is 14.0. The molecule has 0 unspecified atom stereocenters. The lowest BCUT2D eigenvalue weighted by Crippen LogP contribution is -2.57. The molecule has 9 heteroatoms. The number of benzene rings is 2. The lowest BCUT2D eigenvalue weighted by Gasteiger charge is -2.37. The normalized spacial score (nSPS) is 29.6. The van der Waals surface area contributed by atoms with E-state index in [4.69, 9.17) is 23.2 Å². The first-order valence-electron chi connectivity index (χ1n) is 12.3. The topological polar surface area (TPSA) is 74.8 Å². The molecule has 2 aromatic rings. The van der Waals surface area contributed by atoms with Crippen LogP contribution in [0.25, 0.3) is 0 Å². The second-order valence-electron chi connectivity index (χ2n) is 10.1. The molecule has 2 aromatic carbocycles. The summed E-state index contributed by atoms with van der Waals surface area (Å²) in [7, 11) is 0. The van der Waals surface area contributed by atoms with Crippen molar-refractivity contribution in [2.75, 3.05) is 5.88 Å². The van der Waals surface area contributed by atoms with E-state index >= 15 is 0 Å². The Morgan fingerprint density at radius 3 is 2.14 bits per heavy atom. The van der Waals surface area contributed by atoms with E-state index in [1.165, 1.54) is 24.3 Å². The Balaban J connectivity index is 1.45. The van der Waals surface area contributed by atoms with E-state index in [0.717, 1.165) is 28.6 Å². The molecule has 7 atom stereocenters. The molecule has 0 aromatic heterocycles. The summed E-state index contributed by atoms with van der Waals surface area (Å²) in [6.45, 7) is 0. The van der Waals surface area contributed by atoms with Gasteiger partial charge in [-0.15, -0.1) is 11.6 Å². The van der Waals surface area contributed by atoms with Gasteiger partial charge in [-0.1, -0.05) is 35.9 Å². The van der Waals surface area contributed by atoms with E-state index in [0.29, 0.717) is 11.8 Å². The summed E-state index contributed by atoms with van der Waals surface area (Å²) >= 11 is 12.4. The van der Waals surface area contributed by atoms with Crippen LogP contribution in [-0.4, -0.2) is 45.4 Å². The summed E-state index contributed by atoms with van der Waals surface area (Å²) in [4.78, 5) is 55.6. The van der Waals surface area contributed by atoms with Crippen LogP contribution in [0, 0.1) is 41.3 Å². The van der Waals surface area contributed by atoms with Gasteiger partial charge in [0.2, 0.25) is 0 Å². The number of halogens is 3. The fraction of sp³-hybridized carbons (Fsp3) is 0.357. The summed E-state index contributed by atoms with van der Waals surface area (Å²) in [5.74, 6) is -3.30. The quantitative estimate of drug-likeness (QED) is 0.219. The largest absolute Gasteiger partial charge is 0.292 e. The Morgan fingerprint density at radius 1 is 0.973 bits per heavy atom. The fourth-order valence-corrected chi connectivity index (χ4v) is 6.98. The van der Waals surface area contributed by atoms with E-state index < -0.39 is 47.2 Å². The predicted molar refractivity (Wildman–Crippen MR) is 134 cm³/mol. The third-order valence-corrected chi connectivity index (χ3v) is 8.82. The van der Waals surface area contributed by atoms with Crippen molar-refractivity contribution in [2.45, 2.75) is 18.9 Å². The number of allylic oxidation sites excluding steroid dienone is 2. The maximum atomic E-state index is 14.0. The smallest absolute Gasteiger partial charge is 0.275 e. The highest BCUT2D eigenvalue weighted by Crippen LogP contribution is 2.65. The van der Waals surface area contributed by atoms with Crippen LogP contribution in [0.4, 0.5) is 4.39 Å². The molecule has 1 saturated heterocycles. The van der Waals surface area contributed by atoms with Crippen molar-refractivity contribution < 1.29 is 23.6 Å². The molecule has 0 radical (unpaired) electrons. The number of imide groups is 1. The second-order valence-corrected chi connectivity index (χ2v) is 10.9. The number of hydrazine groups is 1. The molecule has 3 fully saturated rings. The summed E-state index contributed by atoms with van der Waals surface area (Å²) in [6, 6.07) is 9.89. The van der Waals surface area contributed by atoms with E-state index in [-0.39, 0.29) is 40.3 Å². The molecule has 2 bridgehead atoms. The highest BCUT2D eigenvalue weighted by Gasteiger charge is 2.68. The lowest BCUT2D eigenvalue weighted by molar-refractivity contribution is -0.157. The number of carbonyl (C=O) groups excluding carboxylic acids is 4. The fourth-order valence-electron chi connectivity index (χ4n) is 6.56. The van der Waals surface area contributed by atoms with Crippen molar-refractivity contribution in [1.82, 2.24) is 10.0 Å². The molecule has 37 heavy (non-hydrogen) atoms. The average Bonchev–Trinajstić information content (AvgIpc) is 3.68. The number of ketones is 1. The van der Waals surface area contributed by atoms with Gasteiger partial charge >= 0.3 is 0 Å². The second kappa shape index (κ2) is 9.07. The molecule has 190 valence electrons. The third kappa shape index (κ3) is 3.74. The molecule has 6 nitrogen and oxygen atoms in total. The molecular weight excluding hydrogens is 518 g/mol. The monoisotopic (exact) mass is 540 g/mol. The first kappa shape index (κ1) is 24.3. The van der Waals surface area contributed by atoms with Gasteiger partial charge in [0, 0.05) is 11.4 Å². The maximum Gasteiger partial charge on any atom is 0.275 e. The molecule has 1 heterocycles. The van der Waals surface area contributed by atoms with Gasteiger partial charge in [-0.25, -0.2) is 9.40 Å². The molecule has 4 aliphatic carbocycles. The minimum atomic E-state index is -1.28. The molecule has 1 aliphatic heterocycles. The van der Waals surface area contributed by atoms with Crippen molar-refractivity contribution in [3.63, 3.8) is 0 Å². The van der Waals surface area contributed by atoms with Crippen LogP contribution >= 0.6 is 23.2 Å². The van der Waals surface area contributed by atoms with Crippen LogP contribution in [-0.2, 0) is 9.59 Å². The van der Waals surface area contributed by atoms with Crippen LogP contribution in [0.2, 0.25) is 5.02 Å². The zero-order valence-corrected chi connectivity index (χ0v) is 21.1. The van der Waals surface area contributed by atoms with Gasteiger partial charge in [0.05, 0.1) is 22.4 Å². The van der Waals surface area contributed by atoms with Crippen LogP contribution in [0.15, 0.2) is 60.7 Å². The zero-order valence-electron chi connectivity index (χ0n) is 19.6. The highest BCUT2D eigenvalue weighted by atomic mass is 35.5. The van der Waals surface area contributed by atoms with Crippen LogP contribution < -0.4 is 0 Å². The van der Waals surface area contributed by atoms with Gasteiger partial charge in [-0.2, -0.15) is 5.01 Å². The van der Waals surface area contributed by atoms with Gasteiger partial charge in [-0.3, -0.25) is 19.2 Å². The van der Waals surface area contributed by atoms with Crippen LogP contribution in [0.5, 0.6) is 0 Å². The lowest BCUT2D eigenvalue weighted by atomic mass is 9.63. The molecule has 7 rings (SSSR count). The first-order chi connectivity index (χ1) is 17.8. The molecule has 3 amide bonds. The molecule has 5 aliphatic rings. The van der Waals surface area contributed by atoms with Crippen LogP contribution in [0.1, 0.15) is 33.6 Å². The number of nitrogens with zero attached hydrogens (tertiary/aromatic N) is 2. The predicted octanol–water partition coefficient (Wildman–Crippen LogP) is 4.77. The third-order valence-electron chi connectivity index (χ3n) is 8.28. The van der Waals surface area contributed by atoms with E-state index in [1.54, 1.807) is 12.1 Å². The minimum Gasteiger partial charge on any atom is -0.292 e. The molecular formula is C28H23Cl2FN2O4. The Bertz CT molecular complexity index is 1310. The Morgan fingerprint density at radius 2 is 1.57 bits per heavy atom. The van der Waals surface area contributed by atoms with E-state index in [1.807, 2.05) is 12.2 Å². The number of Topliss-reactive ketones (excluding diaryl/α,β-unsaturated/α-hetero) is 1. The van der Waals surface area contributed by atoms with Gasteiger partial charge in [0.1, 0.15) is 11.9 Å². The summed E-state index contributed by atoms with van der Waals surface area (Å²) in [5, 5.41) is 1.97. The molecule has 0 N–H and O–H groups in total.